The quantitative estimate of drug-likeness (QED) is 0.829. The van der Waals surface area contributed by atoms with Gasteiger partial charge in [-0.25, -0.2) is 0 Å². The van der Waals surface area contributed by atoms with Crippen LogP contribution in [-0.2, 0) is 11.2 Å². The number of rotatable bonds is 5. The van der Waals surface area contributed by atoms with Crippen molar-refractivity contribution in [3.05, 3.63) is 29.8 Å². The molecule has 0 unspecified atom stereocenters. The van der Waals surface area contributed by atoms with Crippen molar-refractivity contribution in [2.45, 2.75) is 26.2 Å². The van der Waals surface area contributed by atoms with Crippen LogP contribution in [0.2, 0.25) is 0 Å². The highest BCUT2D eigenvalue weighted by Gasteiger charge is 2.49. The van der Waals surface area contributed by atoms with Crippen molar-refractivity contribution in [1.29, 1.82) is 0 Å². The van der Waals surface area contributed by atoms with Crippen LogP contribution in [0.25, 0.3) is 0 Å². The molecule has 0 heterocycles. The van der Waals surface area contributed by atoms with Gasteiger partial charge in [-0.05, 0) is 43.9 Å². The van der Waals surface area contributed by atoms with E-state index in [1.54, 1.807) is 0 Å². The second-order valence-corrected chi connectivity index (χ2v) is 4.34. The molecule has 0 radical (unpaired) electrons. The summed E-state index contributed by atoms with van der Waals surface area (Å²) in [5.41, 5.74) is 0.594. The van der Waals surface area contributed by atoms with Crippen molar-refractivity contribution in [2.24, 2.45) is 5.41 Å². The fourth-order valence-electron chi connectivity index (χ4n) is 1.88. The van der Waals surface area contributed by atoms with Gasteiger partial charge in [-0.2, -0.15) is 0 Å². The Morgan fingerprint density at radius 1 is 1.38 bits per heavy atom. The third-order valence-corrected chi connectivity index (χ3v) is 3.08. The summed E-state index contributed by atoms with van der Waals surface area (Å²) in [7, 11) is 0. The van der Waals surface area contributed by atoms with Crippen LogP contribution in [0.3, 0.4) is 0 Å². The molecule has 1 aromatic carbocycles. The van der Waals surface area contributed by atoms with E-state index in [1.165, 1.54) is 0 Å². The van der Waals surface area contributed by atoms with Crippen LogP contribution in [0.4, 0.5) is 0 Å². The molecule has 0 amide bonds. The molecule has 86 valence electrons. The van der Waals surface area contributed by atoms with Crippen molar-refractivity contribution >= 4 is 5.97 Å². The average Bonchev–Trinajstić information content (AvgIpc) is 3.03. The van der Waals surface area contributed by atoms with Crippen LogP contribution in [0.1, 0.15) is 25.3 Å². The predicted molar refractivity (Wildman–Crippen MR) is 60.6 cm³/mol. The first-order chi connectivity index (χ1) is 7.66. The second-order valence-electron chi connectivity index (χ2n) is 4.34. The number of carbonyl (C=O) groups is 1. The van der Waals surface area contributed by atoms with Crippen LogP contribution in [-0.4, -0.2) is 17.7 Å². The van der Waals surface area contributed by atoms with E-state index in [9.17, 15) is 4.79 Å². The first-order valence-electron chi connectivity index (χ1n) is 5.61. The van der Waals surface area contributed by atoms with Crippen LogP contribution >= 0.6 is 0 Å². The number of carboxylic acid groups (broad SMARTS) is 1. The van der Waals surface area contributed by atoms with E-state index in [-0.39, 0.29) is 0 Å². The molecule has 1 aliphatic carbocycles. The molecule has 1 aromatic rings. The Balaban J connectivity index is 2.03. The van der Waals surface area contributed by atoms with Gasteiger partial charge in [0.05, 0.1) is 12.0 Å². The predicted octanol–water partition coefficient (Wildman–Crippen LogP) is 2.49. The van der Waals surface area contributed by atoms with Crippen molar-refractivity contribution in [2.75, 3.05) is 6.61 Å². The number of benzene rings is 1. The van der Waals surface area contributed by atoms with Gasteiger partial charge in [0.25, 0.3) is 0 Å². The number of aliphatic carboxylic acids is 1. The Labute approximate surface area is 95.0 Å². The number of carboxylic acids is 1. The lowest BCUT2D eigenvalue weighted by Gasteiger charge is -2.10. The van der Waals surface area contributed by atoms with Crippen molar-refractivity contribution in [3.63, 3.8) is 0 Å². The van der Waals surface area contributed by atoms with Crippen molar-refractivity contribution in [1.82, 2.24) is 0 Å². The fourth-order valence-corrected chi connectivity index (χ4v) is 1.88. The Bertz CT molecular complexity index is 377. The fraction of sp³-hybridized carbons (Fsp3) is 0.462. The minimum absolute atomic E-state index is 0.479. The Hall–Kier alpha value is -1.51. The zero-order valence-corrected chi connectivity index (χ0v) is 9.40. The average molecular weight is 220 g/mol. The number of hydrogen-bond donors (Lipinski definition) is 1. The second kappa shape index (κ2) is 4.16. The maximum Gasteiger partial charge on any atom is 0.309 e. The molecule has 3 nitrogen and oxygen atoms in total. The van der Waals surface area contributed by atoms with Gasteiger partial charge in [0.1, 0.15) is 5.75 Å². The summed E-state index contributed by atoms with van der Waals surface area (Å²) < 4.78 is 5.34. The summed E-state index contributed by atoms with van der Waals surface area (Å²) in [4.78, 5) is 11.0. The van der Waals surface area contributed by atoms with Crippen LogP contribution in [0.5, 0.6) is 5.75 Å². The molecule has 0 spiro atoms. The normalized spacial score (nSPS) is 16.8. The zero-order chi connectivity index (χ0) is 11.6. The Kier molecular flexibility index (Phi) is 2.86. The summed E-state index contributed by atoms with van der Waals surface area (Å²) in [6.45, 7) is 2.59. The molecule has 0 saturated heterocycles. The molecule has 0 aliphatic heterocycles. The van der Waals surface area contributed by atoms with E-state index in [0.29, 0.717) is 13.0 Å². The van der Waals surface area contributed by atoms with Gasteiger partial charge in [0, 0.05) is 0 Å². The molecular formula is C13H16O3. The van der Waals surface area contributed by atoms with Gasteiger partial charge in [-0.1, -0.05) is 12.1 Å². The molecule has 1 fully saturated rings. The van der Waals surface area contributed by atoms with Crippen LogP contribution < -0.4 is 4.74 Å². The first kappa shape index (κ1) is 11.0. The molecule has 1 N–H and O–H groups in total. The highest BCUT2D eigenvalue weighted by atomic mass is 16.5. The maximum absolute atomic E-state index is 11.0. The molecular weight excluding hydrogens is 204 g/mol. The minimum atomic E-state index is -0.665. The van der Waals surface area contributed by atoms with E-state index in [2.05, 4.69) is 0 Å². The van der Waals surface area contributed by atoms with Gasteiger partial charge in [-0.15, -0.1) is 0 Å². The number of ether oxygens (including phenoxy) is 1. The van der Waals surface area contributed by atoms with Crippen LogP contribution in [0.15, 0.2) is 24.3 Å². The third kappa shape index (κ3) is 2.18. The van der Waals surface area contributed by atoms with Gasteiger partial charge in [0.15, 0.2) is 0 Å². The monoisotopic (exact) mass is 220 g/mol. The lowest BCUT2D eigenvalue weighted by atomic mass is 9.97. The molecule has 0 atom stereocenters. The lowest BCUT2D eigenvalue weighted by Crippen LogP contribution is -2.17. The zero-order valence-electron chi connectivity index (χ0n) is 9.40. The first-order valence-corrected chi connectivity index (χ1v) is 5.61. The van der Waals surface area contributed by atoms with Crippen molar-refractivity contribution < 1.29 is 14.6 Å². The summed E-state index contributed by atoms with van der Waals surface area (Å²) in [6.07, 6.45) is 2.24. The van der Waals surface area contributed by atoms with E-state index in [0.717, 1.165) is 24.2 Å². The third-order valence-electron chi connectivity index (χ3n) is 3.08. The van der Waals surface area contributed by atoms with Gasteiger partial charge in [-0.3, -0.25) is 4.79 Å². The van der Waals surface area contributed by atoms with Crippen molar-refractivity contribution in [3.8, 4) is 5.75 Å². The van der Waals surface area contributed by atoms with E-state index in [4.69, 9.17) is 9.84 Å². The molecule has 3 heteroatoms. The van der Waals surface area contributed by atoms with Gasteiger partial charge >= 0.3 is 5.97 Å². The highest BCUT2D eigenvalue weighted by Crippen LogP contribution is 2.48. The molecule has 0 aromatic heterocycles. The SMILES string of the molecule is CCOc1ccc(CC2(C(=O)O)CC2)cc1. The maximum atomic E-state index is 11.0. The summed E-state index contributed by atoms with van der Waals surface area (Å²) >= 11 is 0. The standard InChI is InChI=1S/C13H16O3/c1-2-16-11-5-3-10(4-6-11)9-13(7-8-13)12(14)15/h3-6H,2,7-9H2,1H3,(H,14,15). The Morgan fingerprint density at radius 3 is 2.44 bits per heavy atom. The molecule has 16 heavy (non-hydrogen) atoms. The summed E-state index contributed by atoms with van der Waals surface area (Å²) in [5, 5.41) is 9.08. The van der Waals surface area contributed by atoms with Gasteiger partial charge < -0.3 is 9.84 Å². The topological polar surface area (TPSA) is 46.5 Å². The molecule has 2 rings (SSSR count). The molecule has 1 aliphatic rings. The minimum Gasteiger partial charge on any atom is -0.494 e. The van der Waals surface area contributed by atoms with E-state index < -0.39 is 11.4 Å². The largest absolute Gasteiger partial charge is 0.494 e. The van der Waals surface area contributed by atoms with E-state index >= 15 is 0 Å². The number of hydrogen-bond acceptors (Lipinski definition) is 2. The Morgan fingerprint density at radius 2 is 2.00 bits per heavy atom. The molecule has 0 bridgehead atoms. The van der Waals surface area contributed by atoms with E-state index in [1.807, 2.05) is 31.2 Å². The summed E-state index contributed by atoms with van der Waals surface area (Å²) in [6, 6.07) is 7.70. The van der Waals surface area contributed by atoms with Gasteiger partial charge in [0.2, 0.25) is 0 Å². The smallest absolute Gasteiger partial charge is 0.309 e. The van der Waals surface area contributed by atoms with Crippen LogP contribution in [0, 0.1) is 5.41 Å². The molecule has 1 saturated carbocycles. The highest BCUT2D eigenvalue weighted by molar-refractivity contribution is 5.78. The summed E-state index contributed by atoms with van der Waals surface area (Å²) in [5.74, 6) is 0.174. The lowest BCUT2D eigenvalue weighted by molar-refractivity contribution is -0.143.